The van der Waals surface area contributed by atoms with Crippen LogP contribution in [0.2, 0.25) is 5.02 Å². The van der Waals surface area contributed by atoms with E-state index in [9.17, 15) is 14.0 Å². The Labute approximate surface area is 127 Å². The molecule has 1 fully saturated rings. The lowest BCUT2D eigenvalue weighted by atomic mass is 9.86. The van der Waals surface area contributed by atoms with Gasteiger partial charge in [-0.05, 0) is 37.8 Å². The van der Waals surface area contributed by atoms with Gasteiger partial charge in [0.15, 0.2) is 5.82 Å². The minimum Gasteiger partial charge on any atom is -0.469 e. The number of benzene rings is 1. The zero-order valence-electron chi connectivity index (χ0n) is 11.7. The number of hydrogen-bond acceptors (Lipinski definition) is 3. The lowest BCUT2D eigenvalue weighted by molar-refractivity contribution is -0.146. The Morgan fingerprint density at radius 3 is 2.57 bits per heavy atom. The first-order valence-electron chi connectivity index (χ1n) is 6.85. The van der Waals surface area contributed by atoms with Crippen LogP contribution in [0, 0.1) is 11.7 Å². The van der Waals surface area contributed by atoms with Gasteiger partial charge < -0.3 is 10.1 Å². The predicted molar refractivity (Wildman–Crippen MR) is 76.6 cm³/mol. The van der Waals surface area contributed by atoms with E-state index in [1.807, 2.05) is 0 Å². The second-order valence-electron chi connectivity index (χ2n) is 5.15. The Balaban J connectivity index is 1.93. The van der Waals surface area contributed by atoms with Crippen LogP contribution >= 0.6 is 11.6 Å². The van der Waals surface area contributed by atoms with Gasteiger partial charge in [-0.25, -0.2) is 4.39 Å². The molecule has 1 aromatic rings. The summed E-state index contributed by atoms with van der Waals surface area (Å²) < 4.78 is 18.5. The van der Waals surface area contributed by atoms with Crippen molar-refractivity contribution in [3.05, 3.63) is 34.6 Å². The highest BCUT2D eigenvalue weighted by molar-refractivity contribution is 6.31. The molecule has 1 amide bonds. The zero-order valence-corrected chi connectivity index (χ0v) is 12.5. The van der Waals surface area contributed by atoms with E-state index in [2.05, 4.69) is 5.32 Å². The molecule has 0 spiro atoms. The maximum Gasteiger partial charge on any atom is 0.308 e. The summed E-state index contributed by atoms with van der Waals surface area (Å²) in [7, 11) is 1.37. The normalized spacial score (nSPS) is 21.7. The molecule has 0 heterocycles. The third-order valence-corrected chi connectivity index (χ3v) is 4.09. The smallest absolute Gasteiger partial charge is 0.308 e. The monoisotopic (exact) mass is 313 g/mol. The number of carbonyl (C=O) groups excluding carboxylic acids is 2. The number of amides is 1. The summed E-state index contributed by atoms with van der Waals surface area (Å²) in [6.45, 7) is 0. The van der Waals surface area contributed by atoms with Crippen LogP contribution in [0.15, 0.2) is 18.2 Å². The van der Waals surface area contributed by atoms with Gasteiger partial charge in [0.05, 0.1) is 23.6 Å². The Morgan fingerprint density at radius 1 is 1.29 bits per heavy atom. The first kappa shape index (κ1) is 15.8. The number of halogens is 2. The van der Waals surface area contributed by atoms with Crippen LogP contribution in [0.3, 0.4) is 0 Å². The number of nitrogens with one attached hydrogen (secondary N) is 1. The Hall–Kier alpha value is -1.62. The average Bonchev–Trinajstić information content (AvgIpc) is 2.50. The molecule has 1 aromatic carbocycles. The van der Waals surface area contributed by atoms with E-state index < -0.39 is 11.7 Å². The molecule has 6 heteroatoms. The van der Waals surface area contributed by atoms with E-state index in [0.29, 0.717) is 25.7 Å². The third kappa shape index (κ3) is 3.73. The minimum atomic E-state index is -0.708. The van der Waals surface area contributed by atoms with Gasteiger partial charge in [0, 0.05) is 6.04 Å². The van der Waals surface area contributed by atoms with Crippen molar-refractivity contribution in [1.82, 2.24) is 5.32 Å². The molecule has 0 aromatic heterocycles. The van der Waals surface area contributed by atoms with Gasteiger partial charge in [0.1, 0.15) is 0 Å². The van der Waals surface area contributed by atoms with Crippen molar-refractivity contribution in [1.29, 1.82) is 0 Å². The molecule has 114 valence electrons. The minimum absolute atomic E-state index is 0.0578. The van der Waals surface area contributed by atoms with Gasteiger partial charge >= 0.3 is 5.97 Å². The number of methoxy groups -OCH3 is 1. The maximum atomic E-state index is 13.8. The summed E-state index contributed by atoms with van der Waals surface area (Å²) in [4.78, 5) is 23.5. The topological polar surface area (TPSA) is 55.4 Å². The molecule has 2 rings (SSSR count). The lowest BCUT2D eigenvalue weighted by Gasteiger charge is -2.27. The number of carbonyl (C=O) groups is 2. The summed E-state index contributed by atoms with van der Waals surface area (Å²) in [5.74, 6) is -1.50. The summed E-state index contributed by atoms with van der Waals surface area (Å²) >= 11 is 5.66. The molecule has 0 saturated heterocycles. The van der Waals surface area contributed by atoms with Gasteiger partial charge in [-0.15, -0.1) is 0 Å². The molecule has 1 aliphatic rings. The van der Waals surface area contributed by atoms with Gasteiger partial charge in [-0.1, -0.05) is 17.7 Å². The second kappa shape index (κ2) is 6.89. The molecule has 21 heavy (non-hydrogen) atoms. The molecule has 4 nitrogen and oxygen atoms in total. The van der Waals surface area contributed by atoms with Crippen molar-refractivity contribution in [2.75, 3.05) is 7.11 Å². The van der Waals surface area contributed by atoms with Gasteiger partial charge in [-0.3, -0.25) is 9.59 Å². The fourth-order valence-corrected chi connectivity index (χ4v) is 2.76. The van der Waals surface area contributed by atoms with E-state index in [-0.39, 0.29) is 28.5 Å². The summed E-state index contributed by atoms with van der Waals surface area (Å²) in [5, 5.41) is 2.72. The van der Waals surface area contributed by atoms with E-state index in [1.54, 1.807) is 0 Å². The second-order valence-corrected chi connectivity index (χ2v) is 5.55. The molecule has 0 atom stereocenters. The number of esters is 1. The van der Waals surface area contributed by atoms with E-state index in [0.717, 1.165) is 0 Å². The number of hydrogen-bond donors (Lipinski definition) is 1. The van der Waals surface area contributed by atoms with E-state index >= 15 is 0 Å². The fraction of sp³-hybridized carbons (Fsp3) is 0.467. The highest BCUT2D eigenvalue weighted by atomic mass is 35.5. The lowest BCUT2D eigenvalue weighted by Crippen LogP contribution is -2.39. The van der Waals surface area contributed by atoms with Crippen molar-refractivity contribution in [3.8, 4) is 0 Å². The molecule has 1 aliphatic carbocycles. The first-order valence-corrected chi connectivity index (χ1v) is 7.23. The van der Waals surface area contributed by atoms with Crippen LogP contribution in [-0.2, 0) is 9.53 Å². The third-order valence-electron chi connectivity index (χ3n) is 3.79. The molecular formula is C15H17ClFNO3. The molecule has 0 radical (unpaired) electrons. The van der Waals surface area contributed by atoms with E-state index in [1.165, 1.54) is 25.3 Å². The van der Waals surface area contributed by atoms with Crippen LogP contribution in [0.1, 0.15) is 36.0 Å². The molecule has 0 unspecified atom stereocenters. The largest absolute Gasteiger partial charge is 0.469 e. The average molecular weight is 314 g/mol. The maximum absolute atomic E-state index is 13.8. The van der Waals surface area contributed by atoms with Gasteiger partial charge in [0.25, 0.3) is 5.91 Å². The zero-order chi connectivity index (χ0) is 15.4. The van der Waals surface area contributed by atoms with E-state index in [4.69, 9.17) is 16.3 Å². The Kier molecular flexibility index (Phi) is 5.17. The Bertz CT molecular complexity index is 542. The first-order chi connectivity index (χ1) is 10.0. The number of ether oxygens (including phenoxy) is 1. The van der Waals surface area contributed by atoms with Crippen LogP contribution in [-0.4, -0.2) is 25.0 Å². The molecule has 0 bridgehead atoms. The molecular weight excluding hydrogens is 297 g/mol. The molecule has 1 N–H and O–H groups in total. The van der Waals surface area contributed by atoms with Crippen molar-refractivity contribution in [3.63, 3.8) is 0 Å². The predicted octanol–water partition coefficient (Wildman–Crippen LogP) is 2.94. The quantitative estimate of drug-likeness (QED) is 0.873. The van der Waals surface area contributed by atoms with Gasteiger partial charge in [-0.2, -0.15) is 0 Å². The summed E-state index contributed by atoms with van der Waals surface area (Å²) in [6.07, 6.45) is 2.67. The van der Waals surface area contributed by atoms with Crippen molar-refractivity contribution < 1.29 is 18.7 Å². The number of rotatable bonds is 3. The Morgan fingerprint density at radius 2 is 1.95 bits per heavy atom. The summed E-state index contributed by atoms with van der Waals surface area (Å²) in [5.41, 5.74) is -0.0578. The SMILES string of the molecule is COC(=O)C1CCC(NC(=O)c2cccc(Cl)c2F)CC1. The fourth-order valence-electron chi connectivity index (χ4n) is 2.58. The van der Waals surface area contributed by atoms with Crippen molar-refractivity contribution >= 4 is 23.5 Å². The highest BCUT2D eigenvalue weighted by Crippen LogP contribution is 2.26. The van der Waals surface area contributed by atoms with Crippen LogP contribution in [0.4, 0.5) is 4.39 Å². The van der Waals surface area contributed by atoms with Crippen molar-refractivity contribution in [2.24, 2.45) is 5.92 Å². The van der Waals surface area contributed by atoms with Crippen LogP contribution < -0.4 is 5.32 Å². The van der Waals surface area contributed by atoms with Crippen LogP contribution in [0.5, 0.6) is 0 Å². The molecule has 1 saturated carbocycles. The van der Waals surface area contributed by atoms with Crippen LogP contribution in [0.25, 0.3) is 0 Å². The highest BCUT2D eigenvalue weighted by Gasteiger charge is 2.28. The standard InChI is InChI=1S/C15H17ClFNO3/c1-21-15(20)9-5-7-10(8-6-9)18-14(19)11-3-2-4-12(16)13(11)17/h2-4,9-10H,5-8H2,1H3,(H,18,19). The summed E-state index contributed by atoms with van der Waals surface area (Å²) in [6, 6.07) is 4.28. The molecule has 0 aliphatic heterocycles. The van der Waals surface area contributed by atoms with Crippen molar-refractivity contribution in [2.45, 2.75) is 31.7 Å². The van der Waals surface area contributed by atoms with Gasteiger partial charge in [0.2, 0.25) is 0 Å².